The highest BCUT2D eigenvalue weighted by atomic mass is 32.2. The van der Waals surface area contributed by atoms with Crippen molar-refractivity contribution in [2.24, 2.45) is 0 Å². The highest BCUT2D eigenvalue weighted by Crippen LogP contribution is 2.22. The Labute approximate surface area is 207 Å². The molecule has 1 amide bonds. The molecule has 176 valence electrons. The molecule has 0 fully saturated rings. The van der Waals surface area contributed by atoms with Gasteiger partial charge in [0.05, 0.1) is 23.2 Å². The number of nitrogens with zero attached hydrogens (tertiary/aromatic N) is 5. The Balaban J connectivity index is 1.44. The Kier molecular flexibility index (Phi) is 6.37. The summed E-state index contributed by atoms with van der Waals surface area (Å²) < 4.78 is 3.51. The molecule has 7 nitrogen and oxygen atoms in total. The fraction of sp³-hybridized carbons (Fsp3) is 0.185. The maximum Gasteiger partial charge on any atom is 0.263 e. The first-order chi connectivity index (χ1) is 17.0. The molecule has 5 rings (SSSR count). The fourth-order valence-corrected chi connectivity index (χ4v) is 4.91. The van der Waals surface area contributed by atoms with Gasteiger partial charge in [-0.1, -0.05) is 84.1 Å². The molecular formula is C27H25N5O2S. The molecule has 0 radical (unpaired) electrons. The number of aromatic nitrogens is 4. The van der Waals surface area contributed by atoms with Crippen molar-refractivity contribution in [2.45, 2.75) is 25.2 Å². The topological polar surface area (TPSA) is 72.5 Å². The van der Waals surface area contributed by atoms with Crippen LogP contribution in [0.4, 0.5) is 0 Å². The van der Waals surface area contributed by atoms with Crippen LogP contribution in [0.2, 0.25) is 0 Å². The number of para-hydroxylation sites is 1. The molecule has 0 spiro atoms. The Morgan fingerprint density at radius 1 is 0.914 bits per heavy atom. The van der Waals surface area contributed by atoms with Crippen molar-refractivity contribution < 1.29 is 4.79 Å². The van der Waals surface area contributed by atoms with Crippen LogP contribution in [0.1, 0.15) is 16.7 Å². The Morgan fingerprint density at radius 3 is 2.40 bits per heavy atom. The van der Waals surface area contributed by atoms with E-state index in [-0.39, 0.29) is 17.2 Å². The first-order valence-corrected chi connectivity index (χ1v) is 12.3. The van der Waals surface area contributed by atoms with Crippen LogP contribution in [-0.4, -0.2) is 42.8 Å². The Hall–Kier alpha value is -3.91. The van der Waals surface area contributed by atoms with E-state index >= 15 is 0 Å². The van der Waals surface area contributed by atoms with Crippen molar-refractivity contribution in [1.82, 2.24) is 24.1 Å². The normalized spacial score (nSPS) is 11.3. The number of benzene rings is 3. The van der Waals surface area contributed by atoms with E-state index < -0.39 is 0 Å². The zero-order valence-electron chi connectivity index (χ0n) is 19.6. The minimum absolute atomic E-state index is 0.00534. The molecular weight excluding hydrogens is 458 g/mol. The average molecular weight is 484 g/mol. The van der Waals surface area contributed by atoms with Gasteiger partial charge in [-0.15, -0.1) is 10.2 Å². The molecule has 0 unspecified atom stereocenters. The predicted molar refractivity (Wildman–Crippen MR) is 139 cm³/mol. The van der Waals surface area contributed by atoms with Crippen LogP contribution in [0.25, 0.3) is 16.7 Å². The molecule has 0 saturated heterocycles. The van der Waals surface area contributed by atoms with Gasteiger partial charge >= 0.3 is 0 Å². The molecule has 0 atom stereocenters. The number of hydrogen-bond donors (Lipinski definition) is 0. The van der Waals surface area contributed by atoms with Gasteiger partial charge in [0, 0.05) is 13.6 Å². The molecule has 3 aromatic carbocycles. The van der Waals surface area contributed by atoms with Crippen LogP contribution in [0.3, 0.4) is 0 Å². The van der Waals surface area contributed by atoms with Gasteiger partial charge in [0.25, 0.3) is 5.56 Å². The van der Waals surface area contributed by atoms with Gasteiger partial charge < -0.3 is 4.90 Å². The molecule has 0 bridgehead atoms. The molecule has 0 aliphatic heterocycles. The van der Waals surface area contributed by atoms with Crippen molar-refractivity contribution in [1.29, 1.82) is 0 Å². The summed E-state index contributed by atoms with van der Waals surface area (Å²) in [5, 5.41) is 9.88. The average Bonchev–Trinajstić information content (AvgIpc) is 3.31. The van der Waals surface area contributed by atoms with Crippen LogP contribution >= 0.6 is 11.8 Å². The van der Waals surface area contributed by atoms with E-state index in [4.69, 9.17) is 0 Å². The summed E-state index contributed by atoms with van der Waals surface area (Å²) in [5.41, 5.74) is 3.88. The number of thioether (sulfide) groups is 1. The Bertz CT molecular complexity index is 1560. The molecule has 0 aliphatic carbocycles. The largest absolute Gasteiger partial charge is 0.341 e. The molecule has 8 heteroatoms. The van der Waals surface area contributed by atoms with Gasteiger partial charge in [0.1, 0.15) is 0 Å². The number of aryl methyl sites for hydroxylation is 1. The number of carbonyl (C=O) groups is 1. The lowest BCUT2D eigenvalue weighted by Crippen LogP contribution is -2.28. The standard InChI is InChI=1S/C27H25N5O2S/c1-19-12-14-21(15-13-19)16-30(2)24(33)18-35-27-29-28-26-31(17-20-8-4-3-5-9-20)25(34)22-10-6-7-11-23(22)32(26)27/h3-15H,16-18H2,1-2H3. The van der Waals surface area contributed by atoms with E-state index in [0.717, 1.165) is 16.6 Å². The molecule has 35 heavy (non-hydrogen) atoms. The van der Waals surface area contributed by atoms with Gasteiger partial charge in [-0.05, 0) is 30.2 Å². The first kappa shape index (κ1) is 22.9. The molecule has 0 N–H and O–H groups in total. The van der Waals surface area contributed by atoms with E-state index in [1.165, 1.54) is 17.3 Å². The lowest BCUT2D eigenvalue weighted by atomic mass is 10.1. The maximum absolute atomic E-state index is 13.3. The summed E-state index contributed by atoms with van der Waals surface area (Å²) in [6, 6.07) is 25.4. The monoisotopic (exact) mass is 483 g/mol. The summed E-state index contributed by atoms with van der Waals surface area (Å²) in [6.07, 6.45) is 0. The van der Waals surface area contributed by atoms with Crippen molar-refractivity contribution >= 4 is 34.3 Å². The smallest absolute Gasteiger partial charge is 0.263 e. The summed E-state index contributed by atoms with van der Waals surface area (Å²) in [5.74, 6) is 0.671. The second kappa shape index (κ2) is 9.76. The summed E-state index contributed by atoms with van der Waals surface area (Å²) in [6.45, 7) is 2.97. The van der Waals surface area contributed by atoms with Crippen molar-refractivity contribution in [3.63, 3.8) is 0 Å². The van der Waals surface area contributed by atoms with E-state index in [1.807, 2.05) is 90.2 Å². The molecule has 0 saturated carbocycles. The van der Waals surface area contributed by atoms with Gasteiger partial charge in [0.2, 0.25) is 11.7 Å². The first-order valence-electron chi connectivity index (χ1n) is 11.3. The van der Waals surface area contributed by atoms with E-state index in [1.54, 1.807) is 16.5 Å². The van der Waals surface area contributed by atoms with Crippen molar-refractivity contribution in [2.75, 3.05) is 12.8 Å². The lowest BCUT2D eigenvalue weighted by molar-refractivity contribution is -0.127. The van der Waals surface area contributed by atoms with Gasteiger partial charge in [-0.25, -0.2) is 0 Å². The van der Waals surface area contributed by atoms with Crippen molar-refractivity contribution in [3.8, 4) is 0 Å². The number of carbonyl (C=O) groups excluding carboxylic acids is 1. The quantitative estimate of drug-likeness (QED) is 0.325. The second-order valence-electron chi connectivity index (χ2n) is 8.54. The molecule has 5 aromatic rings. The summed E-state index contributed by atoms with van der Waals surface area (Å²) >= 11 is 1.32. The third kappa shape index (κ3) is 4.70. The van der Waals surface area contributed by atoms with Crippen LogP contribution in [0.5, 0.6) is 0 Å². The van der Waals surface area contributed by atoms with Crippen LogP contribution < -0.4 is 5.56 Å². The van der Waals surface area contributed by atoms with Gasteiger partial charge in [-0.3, -0.25) is 18.6 Å². The number of fused-ring (bicyclic) bond motifs is 3. The van der Waals surface area contributed by atoms with Crippen LogP contribution in [0.15, 0.2) is 88.8 Å². The highest BCUT2D eigenvalue weighted by Gasteiger charge is 2.19. The fourth-order valence-electron chi connectivity index (χ4n) is 4.03. The predicted octanol–water partition coefficient (Wildman–Crippen LogP) is 4.15. The highest BCUT2D eigenvalue weighted by molar-refractivity contribution is 7.99. The van der Waals surface area contributed by atoms with Crippen LogP contribution in [-0.2, 0) is 17.9 Å². The molecule has 2 heterocycles. The van der Waals surface area contributed by atoms with E-state index in [0.29, 0.717) is 29.4 Å². The van der Waals surface area contributed by atoms with Crippen LogP contribution in [0, 0.1) is 6.92 Å². The zero-order chi connectivity index (χ0) is 24.4. The van der Waals surface area contributed by atoms with E-state index in [2.05, 4.69) is 10.2 Å². The zero-order valence-corrected chi connectivity index (χ0v) is 20.4. The number of amides is 1. The lowest BCUT2D eigenvalue weighted by Gasteiger charge is -2.17. The Morgan fingerprint density at radius 2 is 1.63 bits per heavy atom. The third-order valence-electron chi connectivity index (χ3n) is 5.95. The third-order valence-corrected chi connectivity index (χ3v) is 6.87. The summed E-state index contributed by atoms with van der Waals surface area (Å²) in [4.78, 5) is 27.9. The number of rotatable bonds is 7. The van der Waals surface area contributed by atoms with Gasteiger partial charge in [-0.2, -0.15) is 0 Å². The minimum atomic E-state index is -0.116. The molecule has 0 aliphatic rings. The number of hydrogen-bond acceptors (Lipinski definition) is 5. The van der Waals surface area contributed by atoms with Crippen molar-refractivity contribution in [3.05, 3.63) is 106 Å². The van der Waals surface area contributed by atoms with Gasteiger partial charge in [0.15, 0.2) is 5.16 Å². The second-order valence-corrected chi connectivity index (χ2v) is 9.48. The SMILES string of the molecule is Cc1ccc(CN(C)C(=O)CSc2nnc3n(Cc4ccccc4)c(=O)c4ccccc4n23)cc1. The van der Waals surface area contributed by atoms with E-state index in [9.17, 15) is 9.59 Å². The summed E-state index contributed by atoms with van der Waals surface area (Å²) in [7, 11) is 1.80. The molecule has 2 aromatic heterocycles. The maximum atomic E-state index is 13.3. The minimum Gasteiger partial charge on any atom is -0.341 e.